The zero-order valence-corrected chi connectivity index (χ0v) is 6.61. The molecule has 0 unspecified atom stereocenters. The average molecular weight is 196 g/mol. The molecule has 0 aliphatic carbocycles. The van der Waals surface area contributed by atoms with E-state index in [1.165, 1.54) is 0 Å². The predicted octanol–water partition coefficient (Wildman–Crippen LogP) is -3.90. The fourth-order valence-corrected chi connectivity index (χ4v) is 1.19. The monoisotopic (exact) mass is 196 g/mol. The van der Waals surface area contributed by atoms with E-state index in [1.54, 1.807) is 0 Å². The van der Waals surface area contributed by atoms with E-state index < -0.39 is 37.0 Å². The highest BCUT2D eigenvalue weighted by Crippen LogP contribution is 2.30. The Hall–Kier alpha value is -0.280. The Morgan fingerprint density at radius 2 is 1.85 bits per heavy atom. The molecule has 0 saturated carbocycles. The first-order valence-electron chi connectivity index (χ1n) is 3.66. The van der Waals surface area contributed by atoms with E-state index in [1.807, 2.05) is 0 Å². The van der Waals surface area contributed by atoms with Gasteiger partial charge in [-0.25, -0.2) is 0 Å². The molecule has 1 heterocycles. The van der Waals surface area contributed by atoms with Crippen LogP contribution in [0.5, 0.6) is 0 Å². The Balaban J connectivity index is 2.81. The molecule has 4 atom stereocenters. The second kappa shape index (κ2) is 3.46. The normalized spacial score (nSPS) is 45.9. The van der Waals surface area contributed by atoms with Gasteiger partial charge >= 0.3 is 0 Å². The van der Waals surface area contributed by atoms with Crippen molar-refractivity contribution in [1.29, 1.82) is 0 Å². The van der Waals surface area contributed by atoms with Crippen LogP contribution in [0.25, 0.3) is 0 Å². The maximum Gasteiger partial charge on any atom is 0.247 e. The summed E-state index contributed by atoms with van der Waals surface area (Å²) in [4.78, 5) is 0. The quantitative estimate of drug-likeness (QED) is 0.249. The van der Waals surface area contributed by atoms with Gasteiger partial charge in [-0.2, -0.15) is 0 Å². The smallest absolute Gasteiger partial charge is 0.247 e. The number of aliphatic hydroxyl groups excluding tert-OH is 4. The van der Waals surface area contributed by atoms with Crippen molar-refractivity contribution in [3.8, 4) is 0 Å². The summed E-state index contributed by atoms with van der Waals surface area (Å²) < 4.78 is 4.49. The molecule has 0 aromatic carbocycles. The molecule has 0 amide bonds. The lowest BCUT2D eigenvalue weighted by atomic mass is 10.1. The minimum Gasteiger partial charge on any atom is -0.394 e. The number of ether oxygens (including phenoxy) is 1. The second-order valence-electron chi connectivity index (χ2n) is 2.90. The van der Waals surface area contributed by atoms with Crippen molar-refractivity contribution in [1.82, 2.24) is 0 Å². The summed E-state index contributed by atoms with van der Waals surface area (Å²) in [5.74, 6) is -2.65. The maximum absolute atomic E-state index is 9.27. The predicted molar refractivity (Wildman–Crippen MR) is 37.1 cm³/mol. The minimum atomic E-state index is -2.65. The van der Waals surface area contributed by atoms with E-state index in [0.717, 1.165) is 0 Å². The van der Waals surface area contributed by atoms with E-state index in [2.05, 4.69) is 4.74 Å². The maximum atomic E-state index is 9.27. The van der Waals surface area contributed by atoms with Gasteiger partial charge in [0.15, 0.2) is 0 Å². The molecule has 0 radical (unpaired) electrons. The molecular formula is C6H12O7. The molecule has 0 spiro atoms. The van der Waals surface area contributed by atoms with Gasteiger partial charge in [0.1, 0.15) is 18.3 Å². The number of aliphatic hydroxyl groups is 6. The highest BCUT2D eigenvalue weighted by atomic mass is 16.7. The molecule has 7 nitrogen and oxygen atoms in total. The third-order valence-electron chi connectivity index (χ3n) is 2.02. The lowest BCUT2D eigenvalue weighted by molar-refractivity contribution is -0.327. The van der Waals surface area contributed by atoms with Gasteiger partial charge in [0, 0.05) is 0 Å². The fourth-order valence-electron chi connectivity index (χ4n) is 1.19. The molecule has 13 heavy (non-hydrogen) atoms. The van der Waals surface area contributed by atoms with Gasteiger partial charge in [0.25, 0.3) is 0 Å². The Morgan fingerprint density at radius 1 is 1.31 bits per heavy atom. The van der Waals surface area contributed by atoms with Crippen molar-refractivity contribution in [3.05, 3.63) is 0 Å². The average Bonchev–Trinajstić information content (AvgIpc) is 2.31. The Kier molecular flexibility index (Phi) is 2.88. The fraction of sp³-hybridized carbons (Fsp3) is 1.00. The van der Waals surface area contributed by atoms with E-state index in [4.69, 9.17) is 25.5 Å². The van der Waals surface area contributed by atoms with Gasteiger partial charge in [-0.1, -0.05) is 0 Å². The molecule has 7 heteroatoms. The van der Waals surface area contributed by atoms with Crippen LogP contribution in [0.1, 0.15) is 0 Å². The molecule has 6 N–H and O–H groups in total. The van der Waals surface area contributed by atoms with Gasteiger partial charge in [0.05, 0.1) is 6.61 Å². The Morgan fingerprint density at radius 3 is 2.08 bits per heavy atom. The largest absolute Gasteiger partial charge is 0.394 e. The number of hydrogen-bond donors (Lipinski definition) is 6. The minimum absolute atomic E-state index is 0.646. The first-order chi connectivity index (χ1) is 5.93. The summed E-state index contributed by atoms with van der Waals surface area (Å²) in [5, 5.41) is 53.4. The molecule has 0 aromatic rings. The van der Waals surface area contributed by atoms with Crippen LogP contribution in [0.2, 0.25) is 0 Å². The van der Waals surface area contributed by atoms with E-state index in [-0.39, 0.29) is 0 Å². The third kappa shape index (κ3) is 1.55. The topological polar surface area (TPSA) is 131 Å². The van der Waals surface area contributed by atoms with Crippen LogP contribution in [0, 0.1) is 0 Å². The summed E-state index contributed by atoms with van der Waals surface area (Å²) in [6.07, 6.45) is -7.02. The molecule has 0 bridgehead atoms. The van der Waals surface area contributed by atoms with Crippen molar-refractivity contribution in [2.24, 2.45) is 0 Å². The summed E-state index contributed by atoms with van der Waals surface area (Å²) in [5.41, 5.74) is 0. The Labute approximate surface area is 73.4 Å². The molecule has 1 fully saturated rings. The molecular weight excluding hydrogens is 184 g/mol. The van der Waals surface area contributed by atoms with Crippen molar-refractivity contribution < 1.29 is 35.4 Å². The van der Waals surface area contributed by atoms with Gasteiger partial charge in [-0.3, -0.25) is 0 Å². The standard InChI is InChI=1S/C6H12O7/c7-1-2-3(8)4(9)6(12,13-2)5(10)11/h2-5,7-12H,1H2/t2-,3-,4+,6+/m1/s1. The molecule has 1 saturated heterocycles. The molecule has 1 aliphatic heterocycles. The van der Waals surface area contributed by atoms with Crippen LogP contribution < -0.4 is 0 Å². The van der Waals surface area contributed by atoms with Crippen molar-refractivity contribution in [3.63, 3.8) is 0 Å². The van der Waals surface area contributed by atoms with Gasteiger partial charge in [0.2, 0.25) is 12.1 Å². The van der Waals surface area contributed by atoms with E-state index >= 15 is 0 Å². The lowest BCUT2D eigenvalue weighted by Crippen LogP contribution is -2.52. The van der Waals surface area contributed by atoms with Crippen LogP contribution in [-0.2, 0) is 4.74 Å². The van der Waals surface area contributed by atoms with Crippen molar-refractivity contribution in [2.45, 2.75) is 30.4 Å². The zero-order chi connectivity index (χ0) is 10.2. The molecule has 1 rings (SSSR count). The molecule has 78 valence electrons. The van der Waals surface area contributed by atoms with Gasteiger partial charge in [-0.15, -0.1) is 0 Å². The first kappa shape index (κ1) is 10.8. The SMILES string of the molecule is OC[C@H]1O[C@](O)(C(O)O)[C@@H](O)[C@@H]1O. The van der Waals surface area contributed by atoms with Crippen LogP contribution in [0.3, 0.4) is 0 Å². The third-order valence-corrected chi connectivity index (χ3v) is 2.02. The van der Waals surface area contributed by atoms with Crippen LogP contribution in [0.15, 0.2) is 0 Å². The zero-order valence-electron chi connectivity index (χ0n) is 6.61. The summed E-state index contributed by atoms with van der Waals surface area (Å²) in [7, 11) is 0. The molecule has 1 aliphatic rings. The van der Waals surface area contributed by atoms with E-state index in [0.29, 0.717) is 0 Å². The van der Waals surface area contributed by atoms with Crippen molar-refractivity contribution >= 4 is 0 Å². The van der Waals surface area contributed by atoms with Gasteiger partial charge < -0.3 is 35.4 Å². The van der Waals surface area contributed by atoms with Crippen LogP contribution in [0.4, 0.5) is 0 Å². The lowest BCUT2D eigenvalue weighted by Gasteiger charge is -2.27. The van der Waals surface area contributed by atoms with Crippen LogP contribution >= 0.6 is 0 Å². The second-order valence-corrected chi connectivity index (χ2v) is 2.90. The van der Waals surface area contributed by atoms with Crippen LogP contribution in [-0.4, -0.2) is 67.6 Å². The Bertz CT molecular complexity index is 184. The summed E-state index contributed by atoms with van der Waals surface area (Å²) in [6, 6.07) is 0. The van der Waals surface area contributed by atoms with Gasteiger partial charge in [-0.05, 0) is 0 Å². The van der Waals surface area contributed by atoms with E-state index in [9.17, 15) is 5.11 Å². The highest BCUT2D eigenvalue weighted by Gasteiger charge is 2.57. The number of hydrogen-bond acceptors (Lipinski definition) is 7. The van der Waals surface area contributed by atoms with Crippen molar-refractivity contribution in [2.75, 3.05) is 6.61 Å². The summed E-state index contributed by atoms with van der Waals surface area (Å²) >= 11 is 0. The number of rotatable bonds is 2. The summed E-state index contributed by atoms with van der Waals surface area (Å²) in [6.45, 7) is -0.646. The highest BCUT2D eigenvalue weighted by molar-refractivity contribution is 4.96. The first-order valence-corrected chi connectivity index (χ1v) is 3.66. The molecule has 0 aromatic heterocycles.